The molecular formula is C13H17F3N2. The second-order valence-electron chi connectivity index (χ2n) is 4.93. The Morgan fingerprint density at radius 3 is 2.67 bits per heavy atom. The van der Waals surface area contributed by atoms with Gasteiger partial charge in [0.25, 0.3) is 0 Å². The number of benzene rings is 1. The molecule has 0 bridgehead atoms. The molecule has 1 heterocycles. The van der Waals surface area contributed by atoms with E-state index in [0.717, 1.165) is 6.07 Å². The van der Waals surface area contributed by atoms with E-state index >= 15 is 0 Å². The van der Waals surface area contributed by atoms with Gasteiger partial charge in [0, 0.05) is 24.3 Å². The van der Waals surface area contributed by atoms with Crippen LogP contribution in [0.3, 0.4) is 0 Å². The van der Waals surface area contributed by atoms with E-state index in [1.54, 1.807) is 6.07 Å². The molecule has 2 nitrogen and oxygen atoms in total. The van der Waals surface area contributed by atoms with Crippen LogP contribution >= 0.6 is 0 Å². The largest absolute Gasteiger partial charge is 0.416 e. The van der Waals surface area contributed by atoms with Crippen LogP contribution in [0.4, 0.5) is 18.9 Å². The standard InChI is InChI=1S/C13H17F3N2/c1-8(2)18-9-6-10-11(13(14,15)16)4-3-5-12(10)17-7-9/h3-5,8-9,17-18H,6-7H2,1-2H3. The zero-order valence-corrected chi connectivity index (χ0v) is 10.4. The van der Waals surface area contributed by atoms with Crippen LogP contribution in [-0.4, -0.2) is 18.6 Å². The monoisotopic (exact) mass is 258 g/mol. The Hall–Kier alpha value is -1.23. The third-order valence-electron chi connectivity index (χ3n) is 3.04. The van der Waals surface area contributed by atoms with Gasteiger partial charge in [-0.3, -0.25) is 0 Å². The summed E-state index contributed by atoms with van der Waals surface area (Å²) in [4.78, 5) is 0. The highest BCUT2D eigenvalue weighted by atomic mass is 19.4. The SMILES string of the molecule is CC(C)NC1CNc2cccc(C(F)(F)F)c2C1. The van der Waals surface area contributed by atoms with Crippen molar-refractivity contribution in [1.29, 1.82) is 0 Å². The highest BCUT2D eigenvalue weighted by molar-refractivity contribution is 5.57. The van der Waals surface area contributed by atoms with Crippen LogP contribution in [-0.2, 0) is 12.6 Å². The number of anilines is 1. The van der Waals surface area contributed by atoms with E-state index in [2.05, 4.69) is 10.6 Å². The minimum Gasteiger partial charge on any atom is -0.383 e. The lowest BCUT2D eigenvalue weighted by Gasteiger charge is -2.30. The molecule has 100 valence electrons. The second-order valence-corrected chi connectivity index (χ2v) is 4.93. The Balaban J connectivity index is 2.29. The van der Waals surface area contributed by atoms with Gasteiger partial charge in [0.1, 0.15) is 0 Å². The van der Waals surface area contributed by atoms with Crippen LogP contribution in [0.5, 0.6) is 0 Å². The number of fused-ring (bicyclic) bond motifs is 1. The first-order chi connectivity index (χ1) is 8.38. The fourth-order valence-electron chi connectivity index (χ4n) is 2.38. The molecule has 0 amide bonds. The van der Waals surface area contributed by atoms with E-state index in [9.17, 15) is 13.2 Å². The predicted molar refractivity (Wildman–Crippen MR) is 65.7 cm³/mol. The van der Waals surface area contributed by atoms with Crippen LogP contribution in [0.15, 0.2) is 18.2 Å². The van der Waals surface area contributed by atoms with Gasteiger partial charge in [-0.2, -0.15) is 13.2 Å². The van der Waals surface area contributed by atoms with Crippen molar-refractivity contribution >= 4 is 5.69 Å². The molecule has 2 rings (SSSR count). The van der Waals surface area contributed by atoms with E-state index in [1.807, 2.05) is 13.8 Å². The molecule has 1 unspecified atom stereocenters. The molecule has 0 aromatic heterocycles. The smallest absolute Gasteiger partial charge is 0.383 e. The summed E-state index contributed by atoms with van der Waals surface area (Å²) >= 11 is 0. The summed E-state index contributed by atoms with van der Waals surface area (Å²) in [7, 11) is 0. The quantitative estimate of drug-likeness (QED) is 0.852. The first-order valence-electron chi connectivity index (χ1n) is 6.07. The highest BCUT2D eigenvalue weighted by Crippen LogP contribution is 2.37. The first kappa shape index (κ1) is 13.2. The summed E-state index contributed by atoms with van der Waals surface area (Å²) in [6, 6.07) is 4.61. The zero-order chi connectivity index (χ0) is 13.3. The minimum atomic E-state index is -4.28. The third kappa shape index (κ3) is 2.77. The molecule has 2 N–H and O–H groups in total. The molecule has 0 fully saturated rings. The van der Waals surface area contributed by atoms with E-state index in [-0.39, 0.29) is 12.1 Å². The molecule has 1 atom stereocenters. The van der Waals surface area contributed by atoms with E-state index in [1.165, 1.54) is 6.07 Å². The summed E-state index contributed by atoms with van der Waals surface area (Å²) in [5.41, 5.74) is 0.448. The van der Waals surface area contributed by atoms with Crippen molar-refractivity contribution < 1.29 is 13.2 Å². The van der Waals surface area contributed by atoms with Gasteiger partial charge in [-0.25, -0.2) is 0 Å². The number of alkyl halides is 3. The summed E-state index contributed by atoms with van der Waals surface area (Å²) in [5.74, 6) is 0. The summed E-state index contributed by atoms with van der Waals surface area (Å²) < 4.78 is 38.8. The Morgan fingerprint density at radius 2 is 2.06 bits per heavy atom. The molecular weight excluding hydrogens is 241 g/mol. The molecule has 18 heavy (non-hydrogen) atoms. The fourth-order valence-corrected chi connectivity index (χ4v) is 2.38. The first-order valence-corrected chi connectivity index (χ1v) is 6.07. The van der Waals surface area contributed by atoms with Gasteiger partial charge in [-0.1, -0.05) is 19.9 Å². The molecule has 1 aromatic carbocycles. The minimum absolute atomic E-state index is 0.0426. The maximum absolute atomic E-state index is 12.9. The maximum Gasteiger partial charge on any atom is 0.416 e. The van der Waals surface area contributed by atoms with Crippen molar-refractivity contribution in [2.24, 2.45) is 0 Å². The maximum atomic E-state index is 12.9. The van der Waals surface area contributed by atoms with Crippen LogP contribution < -0.4 is 10.6 Å². The van der Waals surface area contributed by atoms with Crippen molar-refractivity contribution in [2.75, 3.05) is 11.9 Å². The van der Waals surface area contributed by atoms with Gasteiger partial charge in [0.05, 0.1) is 5.56 Å². The van der Waals surface area contributed by atoms with Gasteiger partial charge in [-0.05, 0) is 24.1 Å². The fraction of sp³-hybridized carbons (Fsp3) is 0.538. The number of hydrogen-bond donors (Lipinski definition) is 2. The molecule has 0 radical (unpaired) electrons. The molecule has 0 saturated carbocycles. The van der Waals surface area contributed by atoms with Gasteiger partial charge < -0.3 is 10.6 Å². The van der Waals surface area contributed by atoms with Crippen molar-refractivity contribution in [3.05, 3.63) is 29.3 Å². The average Bonchev–Trinajstić information content (AvgIpc) is 2.26. The molecule has 0 saturated heterocycles. The molecule has 0 aliphatic carbocycles. The summed E-state index contributed by atoms with van der Waals surface area (Å²) in [6.07, 6.45) is -3.87. The van der Waals surface area contributed by atoms with Crippen LogP contribution in [0.25, 0.3) is 0 Å². The lowest BCUT2D eigenvalue weighted by atomic mass is 9.94. The molecule has 5 heteroatoms. The lowest BCUT2D eigenvalue weighted by molar-refractivity contribution is -0.138. The van der Waals surface area contributed by atoms with Gasteiger partial charge in [-0.15, -0.1) is 0 Å². The molecule has 1 aliphatic heterocycles. The average molecular weight is 258 g/mol. The highest BCUT2D eigenvalue weighted by Gasteiger charge is 2.35. The Labute approximate surface area is 105 Å². The number of halogens is 3. The summed E-state index contributed by atoms with van der Waals surface area (Å²) in [6.45, 7) is 4.64. The van der Waals surface area contributed by atoms with Gasteiger partial charge >= 0.3 is 6.18 Å². The van der Waals surface area contributed by atoms with Crippen molar-refractivity contribution in [3.63, 3.8) is 0 Å². The second kappa shape index (κ2) is 4.80. The number of hydrogen-bond acceptors (Lipinski definition) is 2. The van der Waals surface area contributed by atoms with Crippen LogP contribution in [0.2, 0.25) is 0 Å². The normalized spacial score (nSPS) is 19.6. The Bertz CT molecular complexity index is 427. The van der Waals surface area contributed by atoms with Crippen molar-refractivity contribution in [3.8, 4) is 0 Å². The topological polar surface area (TPSA) is 24.1 Å². The van der Waals surface area contributed by atoms with E-state index in [0.29, 0.717) is 24.2 Å². The number of rotatable bonds is 2. The zero-order valence-electron chi connectivity index (χ0n) is 10.4. The number of nitrogens with one attached hydrogen (secondary N) is 2. The summed E-state index contributed by atoms with van der Waals surface area (Å²) in [5, 5.41) is 6.34. The Kier molecular flexibility index (Phi) is 3.52. The van der Waals surface area contributed by atoms with E-state index < -0.39 is 11.7 Å². The van der Waals surface area contributed by atoms with Gasteiger partial charge in [0.15, 0.2) is 0 Å². The van der Waals surface area contributed by atoms with Gasteiger partial charge in [0.2, 0.25) is 0 Å². The van der Waals surface area contributed by atoms with Crippen molar-refractivity contribution in [1.82, 2.24) is 5.32 Å². The lowest BCUT2D eigenvalue weighted by Crippen LogP contribution is -2.44. The molecule has 1 aliphatic rings. The van der Waals surface area contributed by atoms with E-state index in [4.69, 9.17) is 0 Å². The van der Waals surface area contributed by atoms with Crippen LogP contribution in [0.1, 0.15) is 25.0 Å². The molecule has 1 aromatic rings. The van der Waals surface area contributed by atoms with Crippen LogP contribution in [0, 0.1) is 0 Å². The third-order valence-corrected chi connectivity index (χ3v) is 3.04. The van der Waals surface area contributed by atoms with Crippen molar-refractivity contribution in [2.45, 2.75) is 38.5 Å². The predicted octanol–water partition coefficient (Wildman–Crippen LogP) is 3.04. The Morgan fingerprint density at radius 1 is 1.33 bits per heavy atom. The molecule has 0 spiro atoms.